The van der Waals surface area contributed by atoms with Crippen molar-refractivity contribution in [2.75, 3.05) is 13.2 Å². The number of amides is 1. The molecule has 2 heterocycles. The van der Waals surface area contributed by atoms with Gasteiger partial charge in [0.1, 0.15) is 6.61 Å². The lowest BCUT2D eigenvalue weighted by Crippen LogP contribution is -2.57. The van der Waals surface area contributed by atoms with E-state index in [1.165, 1.54) is 5.57 Å². The van der Waals surface area contributed by atoms with Gasteiger partial charge in [-0.15, -0.1) is 0 Å². The molecule has 0 unspecified atom stereocenters. The predicted octanol–water partition coefficient (Wildman–Crippen LogP) is 8.54. The van der Waals surface area contributed by atoms with Crippen molar-refractivity contribution in [1.82, 2.24) is 9.88 Å². The number of carbonyl (C=O) groups is 1. The normalized spacial score (nSPS) is 23.6. The molecule has 1 amide bonds. The van der Waals surface area contributed by atoms with Crippen LogP contribution in [0.2, 0.25) is 16.6 Å². The van der Waals surface area contributed by atoms with Crippen LogP contribution in [0.3, 0.4) is 0 Å². The molecule has 0 spiro atoms. The Balaban J connectivity index is 1.57. The van der Waals surface area contributed by atoms with E-state index in [1.807, 2.05) is 47.4 Å². The van der Waals surface area contributed by atoms with Crippen LogP contribution in [0.25, 0.3) is 10.9 Å². The fourth-order valence-electron chi connectivity index (χ4n) is 8.36. The number of nitrogens with one attached hydrogen (secondary N) is 1. The quantitative estimate of drug-likeness (QED) is 0.200. The van der Waals surface area contributed by atoms with Gasteiger partial charge in [0, 0.05) is 41.7 Å². The fraction of sp³-hybridized carbons (Fsp3) is 0.528. The molecule has 1 fully saturated rings. The van der Waals surface area contributed by atoms with Crippen molar-refractivity contribution in [3.63, 3.8) is 0 Å². The maximum absolute atomic E-state index is 14.0. The van der Waals surface area contributed by atoms with Gasteiger partial charge in [-0.1, -0.05) is 102 Å². The Morgan fingerprint density at radius 2 is 1.67 bits per heavy atom. The number of aliphatic hydroxyl groups excluding tert-OH is 1. The molecule has 4 atom stereocenters. The number of nitrogens with zero attached hydrogens (tertiary/aromatic N) is 1. The van der Waals surface area contributed by atoms with E-state index in [-0.39, 0.29) is 30.6 Å². The molecule has 232 valence electrons. The summed E-state index contributed by atoms with van der Waals surface area (Å²) in [5.74, 6) is 0.129. The molecule has 2 aromatic carbocycles. The number of likely N-dealkylation sites (tertiary alicyclic amines) is 1. The van der Waals surface area contributed by atoms with Crippen LogP contribution >= 0.6 is 0 Å². The third-order valence-electron chi connectivity index (χ3n) is 10.4. The number of aromatic nitrogens is 1. The summed E-state index contributed by atoms with van der Waals surface area (Å²) in [4.78, 5) is 19.5. The highest BCUT2D eigenvalue weighted by atomic mass is 28.4. The van der Waals surface area contributed by atoms with E-state index in [0.29, 0.717) is 42.6 Å². The molecule has 43 heavy (non-hydrogen) atoms. The SMILES string of the molecule is C/C=C1/CN(C(=O)OCc2ccccc2)[C@H]2Cc3c([nH]c4ccccc34)[C@H](O)C[C@@H]1[C@H]2CO[Si](C(C)C)(C(C)C)C(C)C. The second-order valence-corrected chi connectivity index (χ2v) is 19.0. The highest BCUT2D eigenvalue weighted by molar-refractivity contribution is 6.77. The van der Waals surface area contributed by atoms with Crippen molar-refractivity contribution in [2.45, 2.75) is 96.7 Å². The number of carbonyl (C=O) groups excluding carboxylic acids is 1. The molecular formula is C36H50N2O4Si. The molecule has 6 nitrogen and oxygen atoms in total. The number of aliphatic hydroxyl groups is 1. The van der Waals surface area contributed by atoms with Gasteiger partial charge in [0.15, 0.2) is 8.32 Å². The van der Waals surface area contributed by atoms with E-state index in [2.05, 4.69) is 71.7 Å². The van der Waals surface area contributed by atoms with Crippen molar-refractivity contribution in [3.05, 3.63) is 83.1 Å². The first-order valence-corrected chi connectivity index (χ1v) is 18.3. The lowest BCUT2D eigenvalue weighted by Gasteiger charge is -2.50. The number of benzene rings is 2. The first-order valence-electron chi connectivity index (χ1n) is 16.1. The molecule has 1 aromatic heterocycles. The Kier molecular flexibility index (Phi) is 9.54. The summed E-state index contributed by atoms with van der Waals surface area (Å²) in [6, 6.07) is 18.0. The summed E-state index contributed by atoms with van der Waals surface area (Å²) in [6.07, 6.45) is 2.46. The van der Waals surface area contributed by atoms with Crippen LogP contribution in [0.1, 0.15) is 77.8 Å². The van der Waals surface area contributed by atoms with E-state index in [0.717, 1.165) is 27.7 Å². The van der Waals surface area contributed by atoms with Gasteiger partial charge in [0.25, 0.3) is 0 Å². The average Bonchev–Trinajstić information content (AvgIpc) is 3.35. The molecule has 5 rings (SSSR count). The van der Waals surface area contributed by atoms with Crippen molar-refractivity contribution < 1.29 is 19.1 Å². The standard InChI is InChI=1S/C36H50N2O4Si/c1-8-27-20-38(36(40)41-21-26-14-10-9-11-15-26)33-18-30-28-16-12-13-17-32(28)37-35(30)34(39)19-29(27)31(33)22-42-43(23(2)3,24(4)5)25(6)7/h8-17,23-25,29,31,33-34,37,39H,18-22H2,1-7H3/b27-8-/t29-,31+,33-,34+/m0/s1. The number of piperidine rings is 1. The lowest BCUT2D eigenvalue weighted by molar-refractivity contribution is 0.0115. The number of allylic oxidation sites excluding steroid dienone is 1. The molecule has 1 aliphatic carbocycles. The summed E-state index contributed by atoms with van der Waals surface area (Å²) in [5, 5.41) is 12.8. The van der Waals surface area contributed by atoms with E-state index >= 15 is 0 Å². The highest BCUT2D eigenvalue weighted by Crippen LogP contribution is 2.47. The van der Waals surface area contributed by atoms with E-state index in [1.54, 1.807) is 0 Å². The fourth-order valence-corrected chi connectivity index (χ4v) is 13.8. The van der Waals surface area contributed by atoms with Crippen LogP contribution in [-0.2, 0) is 22.2 Å². The Labute approximate surface area is 258 Å². The topological polar surface area (TPSA) is 74.8 Å². The molecule has 3 aromatic rings. The monoisotopic (exact) mass is 602 g/mol. The zero-order valence-corrected chi connectivity index (χ0v) is 28.0. The van der Waals surface area contributed by atoms with Gasteiger partial charge in [-0.05, 0) is 59.5 Å². The molecule has 7 heteroatoms. The molecule has 1 saturated heterocycles. The van der Waals surface area contributed by atoms with Crippen LogP contribution in [0.15, 0.2) is 66.2 Å². The number of H-pyrrole nitrogens is 1. The molecular weight excluding hydrogens is 552 g/mol. The minimum absolute atomic E-state index is 0.0313. The molecule has 1 aliphatic heterocycles. The first-order chi connectivity index (χ1) is 20.6. The zero-order valence-electron chi connectivity index (χ0n) is 27.0. The van der Waals surface area contributed by atoms with Crippen molar-refractivity contribution >= 4 is 25.3 Å². The number of aromatic amines is 1. The van der Waals surface area contributed by atoms with Gasteiger partial charge in [-0.25, -0.2) is 4.79 Å². The summed E-state index contributed by atoms with van der Waals surface area (Å²) in [6.45, 7) is 17.3. The molecule has 0 saturated carbocycles. The number of hydrogen-bond acceptors (Lipinski definition) is 4. The molecule has 2 bridgehead atoms. The summed E-state index contributed by atoms with van der Waals surface area (Å²) in [7, 11) is -2.17. The van der Waals surface area contributed by atoms with Gasteiger partial charge >= 0.3 is 6.09 Å². The van der Waals surface area contributed by atoms with Crippen LogP contribution in [0.4, 0.5) is 4.79 Å². The van der Waals surface area contributed by atoms with Crippen LogP contribution in [-0.4, -0.2) is 48.6 Å². The molecule has 2 N–H and O–H groups in total. The lowest BCUT2D eigenvalue weighted by atomic mass is 9.70. The van der Waals surface area contributed by atoms with E-state index in [4.69, 9.17) is 9.16 Å². The van der Waals surface area contributed by atoms with Gasteiger partial charge in [0.05, 0.1) is 6.10 Å². The molecule has 0 radical (unpaired) electrons. The van der Waals surface area contributed by atoms with Crippen molar-refractivity contribution in [3.8, 4) is 0 Å². The Hall–Kier alpha value is -2.87. The van der Waals surface area contributed by atoms with Crippen LogP contribution < -0.4 is 0 Å². The molecule has 2 aliphatic rings. The van der Waals surface area contributed by atoms with Gasteiger partial charge < -0.3 is 24.2 Å². The average molecular weight is 603 g/mol. The third-order valence-corrected chi connectivity index (χ3v) is 16.4. The number of ether oxygens (including phenoxy) is 1. The van der Waals surface area contributed by atoms with Crippen molar-refractivity contribution in [1.29, 1.82) is 0 Å². The number of rotatable bonds is 8. The predicted molar refractivity (Wildman–Crippen MR) is 176 cm³/mol. The maximum Gasteiger partial charge on any atom is 0.410 e. The summed E-state index contributed by atoms with van der Waals surface area (Å²) < 4.78 is 13.3. The Morgan fingerprint density at radius 3 is 2.33 bits per heavy atom. The van der Waals surface area contributed by atoms with Crippen LogP contribution in [0, 0.1) is 11.8 Å². The zero-order chi connectivity index (χ0) is 30.9. The third kappa shape index (κ3) is 5.96. The largest absolute Gasteiger partial charge is 0.445 e. The Morgan fingerprint density at radius 1 is 1.02 bits per heavy atom. The minimum atomic E-state index is -2.17. The van der Waals surface area contributed by atoms with E-state index < -0.39 is 14.4 Å². The van der Waals surface area contributed by atoms with Gasteiger partial charge in [-0.3, -0.25) is 0 Å². The van der Waals surface area contributed by atoms with Gasteiger partial charge in [0.2, 0.25) is 0 Å². The number of hydrogen-bond donors (Lipinski definition) is 2. The first kappa shape index (κ1) is 31.5. The van der Waals surface area contributed by atoms with E-state index in [9.17, 15) is 9.90 Å². The second-order valence-electron chi connectivity index (χ2n) is 13.5. The highest BCUT2D eigenvalue weighted by Gasteiger charge is 2.50. The van der Waals surface area contributed by atoms with Crippen LogP contribution in [0.5, 0.6) is 0 Å². The smallest absolute Gasteiger partial charge is 0.410 e. The summed E-state index contributed by atoms with van der Waals surface area (Å²) >= 11 is 0. The van der Waals surface area contributed by atoms with Gasteiger partial charge in [-0.2, -0.15) is 0 Å². The summed E-state index contributed by atoms with van der Waals surface area (Å²) in [5.41, 5.74) is 6.51. The minimum Gasteiger partial charge on any atom is -0.445 e. The van der Waals surface area contributed by atoms with Crippen molar-refractivity contribution in [2.24, 2.45) is 11.8 Å². The number of para-hydroxylation sites is 1. The Bertz CT molecular complexity index is 1410. The number of fused-ring (bicyclic) bond motifs is 5. The maximum atomic E-state index is 14.0. The second kappa shape index (κ2) is 13.0.